The smallest absolute Gasteiger partial charge is 0.226 e. The average molecular weight is 243 g/mol. The van der Waals surface area contributed by atoms with Crippen LogP contribution in [0, 0.1) is 11.8 Å². The summed E-state index contributed by atoms with van der Waals surface area (Å²) in [5, 5.41) is 0. The van der Waals surface area contributed by atoms with Crippen LogP contribution in [0.1, 0.15) is 37.7 Å². The molecule has 2 fully saturated rings. The lowest BCUT2D eigenvalue weighted by molar-refractivity contribution is -0.134. The normalized spacial score (nSPS) is 31.2. The Hall–Kier alpha value is -1.31. The molecule has 2 aliphatic rings. The third-order valence-electron chi connectivity index (χ3n) is 4.30. The van der Waals surface area contributed by atoms with Gasteiger partial charge in [-0.2, -0.15) is 0 Å². The maximum Gasteiger partial charge on any atom is 0.226 e. The van der Waals surface area contributed by atoms with Crippen LogP contribution in [0.4, 0.5) is 0 Å². The zero-order valence-electron chi connectivity index (χ0n) is 11.0. The first-order valence-electron chi connectivity index (χ1n) is 7.09. The largest absolute Gasteiger partial charge is 0.342 e. The molecule has 0 unspecified atom stereocenters. The number of likely N-dealkylation sites (tertiary alicyclic amines) is 1. The van der Waals surface area contributed by atoms with E-state index in [1.54, 1.807) is 0 Å². The van der Waals surface area contributed by atoms with E-state index in [9.17, 15) is 4.79 Å². The fraction of sp³-hybridized carbons (Fsp3) is 0.562. The number of rotatable bonds is 2. The Kier molecular flexibility index (Phi) is 3.11. The van der Waals surface area contributed by atoms with E-state index in [2.05, 4.69) is 36.1 Å². The molecule has 0 N–H and O–H groups in total. The van der Waals surface area contributed by atoms with Crippen molar-refractivity contribution in [2.45, 2.75) is 32.1 Å². The summed E-state index contributed by atoms with van der Waals surface area (Å²) < 4.78 is 0. The predicted molar refractivity (Wildman–Crippen MR) is 72.3 cm³/mol. The summed E-state index contributed by atoms with van der Waals surface area (Å²) in [5.41, 5.74) is 1.33. The third kappa shape index (κ3) is 2.29. The van der Waals surface area contributed by atoms with E-state index in [0.29, 0.717) is 17.7 Å². The van der Waals surface area contributed by atoms with Gasteiger partial charge in [-0.15, -0.1) is 0 Å². The molecule has 2 nitrogen and oxygen atoms in total. The number of hydrogen-bond acceptors (Lipinski definition) is 1. The second kappa shape index (κ2) is 4.75. The molecule has 3 atom stereocenters. The van der Waals surface area contributed by atoms with E-state index in [1.807, 2.05) is 6.07 Å². The van der Waals surface area contributed by atoms with E-state index < -0.39 is 0 Å². The summed E-state index contributed by atoms with van der Waals surface area (Å²) in [7, 11) is 0. The van der Waals surface area contributed by atoms with Gasteiger partial charge >= 0.3 is 0 Å². The number of carbonyl (C=O) groups excluding carboxylic acids is 1. The average Bonchev–Trinajstić information content (AvgIpc) is 3.19. The number of carbonyl (C=O) groups is 1. The summed E-state index contributed by atoms with van der Waals surface area (Å²) in [5.74, 6) is 1.82. The summed E-state index contributed by atoms with van der Waals surface area (Å²) in [4.78, 5) is 14.5. The molecule has 0 bridgehead atoms. The van der Waals surface area contributed by atoms with Gasteiger partial charge in [-0.1, -0.05) is 37.3 Å². The van der Waals surface area contributed by atoms with E-state index in [1.165, 1.54) is 18.4 Å². The topological polar surface area (TPSA) is 20.3 Å². The monoisotopic (exact) mass is 243 g/mol. The Morgan fingerprint density at radius 1 is 1.28 bits per heavy atom. The van der Waals surface area contributed by atoms with Gasteiger partial charge in [0.1, 0.15) is 0 Å². The Morgan fingerprint density at radius 3 is 2.78 bits per heavy atom. The van der Waals surface area contributed by atoms with Crippen molar-refractivity contribution in [2.75, 3.05) is 13.1 Å². The van der Waals surface area contributed by atoms with Crippen LogP contribution in [0.3, 0.4) is 0 Å². The van der Waals surface area contributed by atoms with Gasteiger partial charge in [0, 0.05) is 19.0 Å². The number of amides is 1. The van der Waals surface area contributed by atoms with Gasteiger partial charge in [-0.05, 0) is 36.7 Å². The molecule has 1 aliphatic heterocycles. The van der Waals surface area contributed by atoms with Gasteiger partial charge in [0.25, 0.3) is 0 Å². The first-order valence-corrected chi connectivity index (χ1v) is 7.09. The fourth-order valence-corrected chi connectivity index (χ4v) is 3.16. The molecule has 1 aromatic rings. The number of nitrogens with zero attached hydrogens (tertiary/aromatic N) is 1. The molecule has 3 rings (SSSR count). The van der Waals surface area contributed by atoms with Gasteiger partial charge in [0.2, 0.25) is 5.91 Å². The summed E-state index contributed by atoms with van der Waals surface area (Å²) in [6, 6.07) is 10.5. The van der Waals surface area contributed by atoms with Crippen LogP contribution in [0.2, 0.25) is 0 Å². The molecular weight excluding hydrogens is 222 g/mol. The molecule has 2 heteroatoms. The van der Waals surface area contributed by atoms with E-state index in [-0.39, 0.29) is 5.92 Å². The van der Waals surface area contributed by atoms with Crippen molar-refractivity contribution in [3.8, 4) is 0 Å². The summed E-state index contributed by atoms with van der Waals surface area (Å²) >= 11 is 0. The zero-order valence-corrected chi connectivity index (χ0v) is 11.0. The first-order chi connectivity index (χ1) is 8.75. The molecule has 1 amide bonds. The van der Waals surface area contributed by atoms with Crippen molar-refractivity contribution in [3.05, 3.63) is 35.9 Å². The molecule has 1 aromatic carbocycles. The number of hydrogen-bond donors (Lipinski definition) is 0. The second-order valence-electron chi connectivity index (χ2n) is 5.89. The molecule has 1 saturated heterocycles. The Morgan fingerprint density at radius 2 is 2.06 bits per heavy atom. The highest BCUT2D eigenvalue weighted by molar-refractivity contribution is 5.83. The van der Waals surface area contributed by atoms with Gasteiger partial charge in [0.15, 0.2) is 0 Å². The van der Waals surface area contributed by atoms with E-state index >= 15 is 0 Å². The highest BCUT2D eigenvalue weighted by Gasteiger charge is 2.45. The van der Waals surface area contributed by atoms with Crippen LogP contribution < -0.4 is 0 Å². The number of benzene rings is 1. The SMILES string of the molecule is C[C@@H]1CCCN(C(=O)[C@H]2C[C@H]2c2ccccc2)C1. The molecule has 0 radical (unpaired) electrons. The van der Waals surface area contributed by atoms with Crippen LogP contribution in [0.25, 0.3) is 0 Å². The van der Waals surface area contributed by atoms with Crippen molar-refractivity contribution in [3.63, 3.8) is 0 Å². The van der Waals surface area contributed by atoms with E-state index in [0.717, 1.165) is 19.5 Å². The Bertz CT molecular complexity index is 428. The van der Waals surface area contributed by atoms with Crippen LogP contribution >= 0.6 is 0 Å². The maximum atomic E-state index is 12.4. The van der Waals surface area contributed by atoms with Crippen LogP contribution in [-0.2, 0) is 4.79 Å². The molecule has 18 heavy (non-hydrogen) atoms. The van der Waals surface area contributed by atoms with Crippen molar-refractivity contribution >= 4 is 5.91 Å². The van der Waals surface area contributed by atoms with Crippen LogP contribution in [0.15, 0.2) is 30.3 Å². The quantitative estimate of drug-likeness (QED) is 0.782. The third-order valence-corrected chi connectivity index (χ3v) is 4.30. The van der Waals surface area contributed by atoms with Crippen molar-refractivity contribution in [1.29, 1.82) is 0 Å². The lowest BCUT2D eigenvalue weighted by atomic mass is 9.99. The molecule has 1 saturated carbocycles. The lowest BCUT2D eigenvalue weighted by Gasteiger charge is -2.31. The standard InChI is InChI=1S/C16H21NO/c1-12-6-5-9-17(11-12)16(18)15-10-14(15)13-7-3-2-4-8-13/h2-4,7-8,12,14-15H,5-6,9-11H2,1H3/t12-,14+,15+/m1/s1. The highest BCUT2D eigenvalue weighted by atomic mass is 16.2. The lowest BCUT2D eigenvalue weighted by Crippen LogP contribution is -2.40. The highest BCUT2D eigenvalue weighted by Crippen LogP contribution is 2.48. The first kappa shape index (κ1) is 11.8. The molecule has 0 spiro atoms. The minimum absolute atomic E-state index is 0.262. The molecule has 96 valence electrons. The zero-order chi connectivity index (χ0) is 12.5. The van der Waals surface area contributed by atoms with Crippen LogP contribution in [-0.4, -0.2) is 23.9 Å². The second-order valence-corrected chi connectivity index (χ2v) is 5.89. The van der Waals surface area contributed by atoms with Crippen molar-refractivity contribution in [2.24, 2.45) is 11.8 Å². The van der Waals surface area contributed by atoms with Crippen molar-refractivity contribution in [1.82, 2.24) is 4.90 Å². The van der Waals surface area contributed by atoms with Gasteiger partial charge in [-0.25, -0.2) is 0 Å². The summed E-state index contributed by atoms with van der Waals surface area (Å²) in [6.07, 6.45) is 3.50. The predicted octanol–water partition coefficient (Wildman–Crippen LogP) is 3.05. The van der Waals surface area contributed by atoms with Crippen molar-refractivity contribution < 1.29 is 4.79 Å². The molecule has 0 aromatic heterocycles. The minimum atomic E-state index is 0.262. The minimum Gasteiger partial charge on any atom is -0.342 e. The molecular formula is C16H21NO. The maximum absolute atomic E-state index is 12.4. The fourth-order valence-electron chi connectivity index (χ4n) is 3.16. The summed E-state index contributed by atoms with van der Waals surface area (Å²) in [6.45, 7) is 4.19. The Balaban J connectivity index is 1.62. The van der Waals surface area contributed by atoms with Crippen LogP contribution in [0.5, 0.6) is 0 Å². The Labute approximate surface area is 109 Å². The molecule has 1 aliphatic carbocycles. The molecule has 1 heterocycles. The number of piperidine rings is 1. The van der Waals surface area contributed by atoms with Gasteiger partial charge in [0.05, 0.1) is 0 Å². The van der Waals surface area contributed by atoms with Gasteiger partial charge in [-0.3, -0.25) is 4.79 Å². The van der Waals surface area contributed by atoms with E-state index in [4.69, 9.17) is 0 Å². The van der Waals surface area contributed by atoms with Gasteiger partial charge < -0.3 is 4.90 Å².